The lowest BCUT2D eigenvalue weighted by Gasteiger charge is -2.25. The van der Waals surface area contributed by atoms with E-state index >= 15 is 0 Å². The molecule has 0 heterocycles. The van der Waals surface area contributed by atoms with Crippen molar-refractivity contribution in [3.05, 3.63) is 34.9 Å². The number of hydrogen-bond acceptors (Lipinski definition) is 3. The molecule has 0 saturated carbocycles. The van der Waals surface area contributed by atoms with Crippen molar-refractivity contribution in [2.45, 2.75) is 19.1 Å². The normalized spacial score (nSPS) is 15.5. The number of methoxy groups -OCH3 is 1. The standard InChI is InChI=1S/C12H19ClN2O3S/c1-9(14-19(16,17)15(2)3)12(18-4)10-5-7-11(13)8-6-10/h5-9,12,14H,1-4H3/t9-,12-/m1/s1. The van der Waals surface area contributed by atoms with Gasteiger partial charge in [-0.2, -0.15) is 17.4 Å². The van der Waals surface area contributed by atoms with Crippen molar-refractivity contribution < 1.29 is 13.2 Å². The van der Waals surface area contributed by atoms with Gasteiger partial charge in [-0.15, -0.1) is 0 Å². The van der Waals surface area contributed by atoms with Crippen molar-refractivity contribution in [1.29, 1.82) is 0 Å². The maximum Gasteiger partial charge on any atom is 0.279 e. The molecule has 0 radical (unpaired) electrons. The molecule has 2 atom stereocenters. The molecule has 7 heteroatoms. The Kier molecular flexibility index (Phi) is 5.76. The Hall–Kier alpha value is -0.660. The van der Waals surface area contributed by atoms with Crippen LogP contribution in [-0.4, -0.2) is 40.0 Å². The molecular formula is C12H19ClN2O3S. The quantitative estimate of drug-likeness (QED) is 0.872. The van der Waals surface area contributed by atoms with Crippen LogP contribution in [0.4, 0.5) is 0 Å². The smallest absolute Gasteiger partial charge is 0.279 e. The van der Waals surface area contributed by atoms with E-state index in [0.29, 0.717) is 5.02 Å². The van der Waals surface area contributed by atoms with Crippen molar-refractivity contribution in [2.24, 2.45) is 0 Å². The molecule has 19 heavy (non-hydrogen) atoms. The molecular weight excluding hydrogens is 288 g/mol. The van der Waals surface area contributed by atoms with E-state index in [1.165, 1.54) is 14.1 Å². The topological polar surface area (TPSA) is 58.6 Å². The van der Waals surface area contributed by atoms with Gasteiger partial charge < -0.3 is 4.74 Å². The highest BCUT2D eigenvalue weighted by molar-refractivity contribution is 7.87. The van der Waals surface area contributed by atoms with E-state index in [4.69, 9.17) is 16.3 Å². The second kappa shape index (κ2) is 6.67. The second-order valence-electron chi connectivity index (χ2n) is 4.40. The first-order valence-corrected chi connectivity index (χ1v) is 7.57. The molecule has 0 unspecified atom stereocenters. The summed E-state index contributed by atoms with van der Waals surface area (Å²) in [5.74, 6) is 0. The zero-order valence-electron chi connectivity index (χ0n) is 11.4. The molecule has 0 fully saturated rings. The first kappa shape index (κ1) is 16.4. The van der Waals surface area contributed by atoms with Gasteiger partial charge in [-0.3, -0.25) is 0 Å². The molecule has 0 amide bonds. The van der Waals surface area contributed by atoms with E-state index in [1.807, 2.05) is 12.1 Å². The number of nitrogens with one attached hydrogen (secondary N) is 1. The Labute approximate surface area is 119 Å². The highest BCUT2D eigenvalue weighted by Gasteiger charge is 2.24. The summed E-state index contributed by atoms with van der Waals surface area (Å²) in [6.07, 6.45) is -0.382. The van der Waals surface area contributed by atoms with Gasteiger partial charge in [0.2, 0.25) is 0 Å². The fraction of sp³-hybridized carbons (Fsp3) is 0.500. The van der Waals surface area contributed by atoms with E-state index in [-0.39, 0.29) is 6.10 Å². The molecule has 1 aromatic rings. The van der Waals surface area contributed by atoms with Gasteiger partial charge in [0, 0.05) is 26.2 Å². The van der Waals surface area contributed by atoms with Crippen molar-refractivity contribution >= 4 is 21.8 Å². The van der Waals surface area contributed by atoms with Gasteiger partial charge in [0.05, 0.1) is 12.1 Å². The molecule has 0 saturated heterocycles. The van der Waals surface area contributed by atoms with Gasteiger partial charge in [0.25, 0.3) is 10.2 Å². The van der Waals surface area contributed by atoms with Crippen LogP contribution in [-0.2, 0) is 14.9 Å². The molecule has 108 valence electrons. The summed E-state index contributed by atoms with van der Waals surface area (Å²) in [7, 11) is 0.993. The van der Waals surface area contributed by atoms with Crippen LogP contribution in [0, 0.1) is 0 Å². The lowest BCUT2D eigenvalue weighted by atomic mass is 10.0. The van der Waals surface area contributed by atoms with Gasteiger partial charge in [-0.05, 0) is 24.6 Å². The molecule has 0 aliphatic carbocycles. The van der Waals surface area contributed by atoms with Crippen molar-refractivity contribution in [2.75, 3.05) is 21.2 Å². The first-order valence-electron chi connectivity index (χ1n) is 5.76. The molecule has 0 aliphatic rings. The van der Waals surface area contributed by atoms with Gasteiger partial charge in [-0.25, -0.2) is 0 Å². The van der Waals surface area contributed by atoms with Crippen LogP contribution in [0.1, 0.15) is 18.6 Å². The van der Waals surface area contributed by atoms with E-state index in [0.717, 1.165) is 9.87 Å². The predicted octanol–water partition coefficient (Wildman–Crippen LogP) is 1.81. The summed E-state index contributed by atoms with van der Waals surface area (Å²) in [5, 5.41) is 0.625. The van der Waals surface area contributed by atoms with Gasteiger partial charge in [0.15, 0.2) is 0 Å². The Morgan fingerprint density at radius 1 is 1.26 bits per heavy atom. The molecule has 5 nitrogen and oxygen atoms in total. The van der Waals surface area contributed by atoms with E-state index < -0.39 is 16.3 Å². The summed E-state index contributed by atoms with van der Waals surface area (Å²) in [4.78, 5) is 0. The Morgan fingerprint density at radius 3 is 2.21 bits per heavy atom. The Morgan fingerprint density at radius 2 is 1.79 bits per heavy atom. The molecule has 0 aliphatic heterocycles. The monoisotopic (exact) mass is 306 g/mol. The maximum atomic E-state index is 11.8. The van der Waals surface area contributed by atoms with Gasteiger partial charge in [-0.1, -0.05) is 23.7 Å². The van der Waals surface area contributed by atoms with Crippen LogP contribution in [0.5, 0.6) is 0 Å². The molecule has 0 spiro atoms. The SMILES string of the molecule is CO[C@@H](c1ccc(Cl)cc1)[C@@H](C)NS(=O)(=O)N(C)C. The van der Waals surface area contributed by atoms with Crippen molar-refractivity contribution in [3.63, 3.8) is 0 Å². The highest BCUT2D eigenvalue weighted by Crippen LogP contribution is 2.22. The largest absolute Gasteiger partial charge is 0.375 e. The minimum absolute atomic E-state index is 0.382. The molecule has 1 N–H and O–H groups in total. The predicted molar refractivity (Wildman–Crippen MR) is 76.4 cm³/mol. The Bertz CT molecular complexity index is 502. The third-order valence-electron chi connectivity index (χ3n) is 2.72. The van der Waals surface area contributed by atoms with Crippen LogP contribution in [0.3, 0.4) is 0 Å². The first-order chi connectivity index (χ1) is 8.77. The van der Waals surface area contributed by atoms with Crippen LogP contribution in [0.15, 0.2) is 24.3 Å². The van der Waals surface area contributed by atoms with E-state index in [2.05, 4.69) is 4.72 Å². The molecule has 1 aromatic carbocycles. The lowest BCUT2D eigenvalue weighted by Crippen LogP contribution is -2.43. The van der Waals surface area contributed by atoms with Crippen LogP contribution < -0.4 is 4.72 Å². The fourth-order valence-electron chi connectivity index (χ4n) is 1.68. The summed E-state index contributed by atoms with van der Waals surface area (Å²) in [5.41, 5.74) is 0.862. The zero-order valence-corrected chi connectivity index (χ0v) is 13.0. The maximum absolute atomic E-state index is 11.8. The molecule has 0 aromatic heterocycles. The van der Waals surface area contributed by atoms with Gasteiger partial charge >= 0.3 is 0 Å². The number of hydrogen-bond donors (Lipinski definition) is 1. The average Bonchev–Trinajstić information content (AvgIpc) is 2.31. The van der Waals surface area contributed by atoms with Crippen LogP contribution in [0.2, 0.25) is 5.02 Å². The highest BCUT2D eigenvalue weighted by atomic mass is 35.5. The minimum Gasteiger partial charge on any atom is -0.375 e. The fourth-order valence-corrected chi connectivity index (χ4v) is 2.61. The molecule has 0 bridgehead atoms. The molecule has 1 rings (SSSR count). The van der Waals surface area contributed by atoms with Crippen LogP contribution in [0.25, 0.3) is 0 Å². The average molecular weight is 307 g/mol. The lowest BCUT2D eigenvalue weighted by molar-refractivity contribution is 0.0801. The number of rotatable bonds is 6. The number of benzene rings is 1. The summed E-state index contributed by atoms with van der Waals surface area (Å²) in [6.45, 7) is 1.75. The van der Waals surface area contributed by atoms with Crippen molar-refractivity contribution in [3.8, 4) is 0 Å². The number of ether oxygens (including phenoxy) is 1. The van der Waals surface area contributed by atoms with Gasteiger partial charge in [0.1, 0.15) is 0 Å². The van der Waals surface area contributed by atoms with E-state index in [9.17, 15) is 8.42 Å². The van der Waals surface area contributed by atoms with Crippen molar-refractivity contribution in [1.82, 2.24) is 9.03 Å². The number of nitrogens with zero attached hydrogens (tertiary/aromatic N) is 1. The third-order valence-corrected chi connectivity index (χ3v) is 4.61. The number of halogens is 1. The third kappa shape index (κ3) is 4.43. The minimum atomic E-state index is -3.49. The summed E-state index contributed by atoms with van der Waals surface area (Å²) in [6, 6.07) is 6.72. The zero-order chi connectivity index (χ0) is 14.6. The van der Waals surface area contributed by atoms with Crippen LogP contribution >= 0.6 is 11.6 Å². The summed E-state index contributed by atoms with van der Waals surface area (Å²) >= 11 is 5.83. The second-order valence-corrected chi connectivity index (χ2v) is 6.75. The Balaban J connectivity index is 2.89. The van der Waals surface area contributed by atoms with E-state index in [1.54, 1.807) is 26.2 Å². The summed E-state index contributed by atoms with van der Waals surface area (Å²) < 4.78 is 32.6.